The molecule has 0 bridgehead atoms. The molecule has 0 fully saturated rings. The Bertz CT molecular complexity index is 2750. The SMILES string of the molecule is Cc1ccccc1C1(c2ccccc2O)c2ccccc2-c2c(-c3ccc(N(c4ccc(-c5ccccc5)cc4)c4ccc(-c5ccccc5)cc4)cc3)cccc21. The van der Waals surface area contributed by atoms with Gasteiger partial charge in [0.15, 0.2) is 0 Å². The molecule has 1 N–H and O–H groups in total. The largest absolute Gasteiger partial charge is 0.508 e. The Morgan fingerprint density at radius 1 is 0.328 bits per heavy atom. The molecular formula is C56H41NO. The van der Waals surface area contributed by atoms with Crippen LogP contribution in [0.2, 0.25) is 0 Å². The molecule has 0 spiro atoms. The molecule has 58 heavy (non-hydrogen) atoms. The number of benzene rings is 9. The summed E-state index contributed by atoms with van der Waals surface area (Å²) in [6.45, 7) is 2.18. The maximum absolute atomic E-state index is 11.6. The minimum absolute atomic E-state index is 0.289. The van der Waals surface area contributed by atoms with Crippen LogP contribution in [0.15, 0.2) is 224 Å². The highest BCUT2D eigenvalue weighted by molar-refractivity contribution is 5.96. The molecule has 2 heteroatoms. The van der Waals surface area contributed by atoms with Gasteiger partial charge in [0, 0.05) is 22.6 Å². The van der Waals surface area contributed by atoms with E-state index in [1.54, 1.807) is 0 Å². The van der Waals surface area contributed by atoms with Crippen molar-refractivity contribution >= 4 is 17.1 Å². The highest BCUT2D eigenvalue weighted by atomic mass is 16.3. The number of phenols is 1. The summed E-state index contributed by atoms with van der Waals surface area (Å²) < 4.78 is 0. The van der Waals surface area contributed by atoms with Crippen LogP contribution in [0.3, 0.4) is 0 Å². The van der Waals surface area contributed by atoms with Crippen molar-refractivity contribution in [1.82, 2.24) is 0 Å². The molecule has 0 saturated carbocycles. The predicted octanol–water partition coefficient (Wildman–Crippen LogP) is 14.5. The lowest BCUT2D eigenvalue weighted by atomic mass is 9.66. The molecule has 9 aromatic carbocycles. The number of hydrogen-bond donors (Lipinski definition) is 1. The normalized spacial score (nSPS) is 14.1. The molecule has 0 aliphatic heterocycles. The van der Waals surface area contributed by atoms with Crippen LogP contribution in [0.1, 0.15) is 27.8 Å². The zero-order valence-corrected chi connectivity index (χ0v) is 32.3. The standard InChI is InChI=1S/C56H41NO/c1-39-15-8-10-22-50(39)56(52-24-12-13-26-54(52)58)51-23-11-9-20-49(51)55-48(21-14-25-53(55)56)44-31-37-47(38-32-44)57(45-33-27-42(28-34-45)40-16-4-2-5-17-40)46-35-29-43(30-36-46)41-18-6-3-7-19-41/h2-38,58H,1H3. The second kappa shape index (κ2) is 14.6. The molecule has 10 rings (SSSR count). The second-order valence-electron chi connectivity index (χ2n) is 15.1. The van der Waals surface area contributed by atoms with Crippen LogP contribution in [0.25, 0.3) is 44.5 Å². The summed E-state index contributed by atoms with van der Waals surface area (Å²) in [5.74, 6) is 0.289. The average molecular weight is 744 g/mol. The molecular weight excluding hydrogens is 703 g/mol. The molecule has 2 nitrogen and oxygen atoms in total. The lowest BCUT2D eigenvalue weighted by Gasteiger charge is -2.35. The first-order valence-electron chi connectivity index (χ1n) is 19.9. The first kappa shape index (κ1) is 35.0. The summed E-state index contributed by atoms with van der Waals surface area (Å²) in [5, 5.41) is 11.6. The first-order chi connectivity index (χ1) is 28.6. The molecule has 0 radical (unpaired) electrons. The van der Waals surface area contributed by atoms with E-state index in [-0.39, 0.29) is 5.75 Å². The van der Waals surface area contributed by atoms with E-state index in [2.05, 4.69) is 218 Å². The fraction of sp³-hybridized carbons (Fsp3) is 0.0357. The highest BCUT2D eigenvalue weighted by Crippen LogP contribution is 2.60. The van der Waals surface area contributed by atoms with Crippen molar-refractivity contribution in [2.45, 2.75) is 12.3 Å². The van der Waals surface area contributed by atoms with Crippen LogP contribution in [0.5, 0.6) is 5.75 Å². The zero-order valence-electron chi connectivity index (χ0n) is 32.3. The fourth-order valence-corrected chi connectivity index (χ4v) is 9.18. The monoisotopic (exact) mass is 743 g/mol. The van der Waals surface area contributed by atoms with E-state index in [0.717, 1.165) is 33.8 Å². The van der Waals surface area contributed by atoms with Crippen molar-refractivity contribution in [2.75, 3.05) is 4.90 Å². The Hall–Kier alpha value is -7.42. The van der Waals surface area contributed by atoms with E-state index in [1.807, 2.05) is 18.2 Å². The van der Waals surface area contributed by atoms with Crippen LogP contribution in [-0.4, -0.2) is 5.11 Å². The lowest BCUT2D eigenvalue weighted by Crippen LogP contribution is -2.29. The van der Waals surface area contributed by atoms with Gasteiger partial charge in [0.25, 0.3) is 0 Å². The van der Waals surface area contributed by atoms with E-state index in [1.165, 1.54) is 55.6 Å². The number of aryl methyl sites for hydroxylation is 1. The van der Waals surface area contributed by atoms with Crippen molar-refractivity contribution in [1.29, 1.82) is 0 Å². The van der Waals surface area contributed by atoms with Crippen LogP contribution >= 0.6 is 0 Å². The number of para-hydroxylation sites is 1. The Labute approximate surface area is 340 Å². The topological polar surface area (TPSA) is 23.5 Å². The van der Waals surface area contributed by atoms with Gasteiger partial charge in [0.1, 0.15) is 5.75 Å². The molecule has 1 aliphatic carbocycles. The number of hydrogen-bond acceptors (Lipinski definition) is 2. The van der Waals surface area contributed by atoms with Crippen LogP contribution in [0, 0.1) is 6.92 Å². The number of phenolic OH excluding ortho intramolecular Hbond substituents is 1. The van der Waals surface area contributed by atoms with Crippen molar-refractivity contribution < 1.29 is 5.11 Å². The van der Waals surface area contributed by atoms with E-state index < -0.39 is 5.41 Å². The number of aromatic hydroxyl groups is 1. The van der Waals surface area contributed by atoms with Crippen molar-refractivity contribution in [3.8, 4) is 50.3 Å². The van der Waals surface area contributed by atoms with Gasteiger partial charge in [-0.3, -0.25) is 0 Å². The van der Waals surface area contributed by atoms with E-state index in [4.69, 9.17) is 0 Å². The summed E-state index contributed by atoms with van der Waals surface area (Å²) in [6.07, 6.45) is 0. The van der Waals surface area contributed by atoms with Gasteiger partial charge in [-0.25, -0.2) is 0 Å². The summed E-state index contributed by atoms with van der Waals surface area (Å²) in [5.41, 5.74) is 17.5. The Morgan fingerprint density at radius 2 is 0.741 bits per heavy atom. The maximum Gasteiger partial charge on any atom is 0.120 e. The quantitative estimate of drug-likeness (QED) is 0.168. The Morgan fingerprint density at radius 3 is 1.29 bits per heavy atom. The van der Waals surface area contributed by atoms with Gasteiger partial charge >= 0.3 is 0 Å². The molecule has 0 amide bonds. The van der Waals surface area contributed by atoms with E-state index in [0.29, 0.717) is 0 Å². The third-order valence-corrected chi connectivity index (χ3v) is 11.8. The first-order valence-corrected chi connectivity index (χ1v) is 19.9. The van der Waals surface area contributed by atoms with Gasteiger partial charge in [0.05, 0.1) is 5.41 Å². The average Bonchev–Trinajstić information content (AvgIpc) is 3.59. The van der Waals surface area contributed by atoms with Gasteiger partial charge in [-0.05, 0) is 116 Å². The molecule has 1 atom stereocenters. The number of rotatable bonds is 8. The van der Waals surface area contributed by atoms with Crippen LogP contribution < -0.4 is 4.90 Å². The summed E-state index contributed by atoms with van der Waals surface area (Å²) in [7, 11) is 0. The smallest absolute Gasteiger partial charge is 0.120 e. The summed E-state index contributed by atoms with van der Waals surface area (Å²) >= 11 is 0. The second-order valence-corrected chi connectivity index (χ2v) is 15.1. The molecule has 9 aromatic rings. The molecule has 0 heterocycles. The Balaban J connectivity index is 1.11. The molecule has 0 saturated heterocycles. The van der Waals surface area contributed by atoms with Crippen molar-refractivity contribution in [2.24, 2.45) is 0 Å². The number of anilines is 3. The van der Waals surface area contributed by atoms with E-state index in [9.17, 15) is 5.11 Å². The molecule has 1 aliphatic rings. The zero-order chi connectivity index (χ0) is 39.1. The van der Waals surface area contributed by atoms with Crippen molar-refractivity contribution in [3.05, 3.63) is 252 Å². The predicted molar refractivity (Wildman–Crippen MR) is 241 cm³/mol. The van der Waals surface area contributed by atoms with Gasteiger partial charge in [-0.1, -0.05) is 182 Å². The molecule has 276 valence electrons. The van der Waals surface area contributed by atoms with E-state index >= 15 is 0 Å². The van der Waals surface area contributed by atoms with Crippen LogP contribution in [0.4, 0.5) is 17.1 Å². The summed E-state index contributed by atoms with van der Waals surface area (Å²) in [6, 6.07) is 79.6. The Kier molecular flexibility index (Phi) is 8.81. The van der Waals surface area contributed by atoms with Gasteiger partial charge in [-0.2, -0.15) is 0 Å². The minimum Gasteiger partial charge on any atom is -0.508 e. The van der Waals surface area contributed by atoms with Crippen LogP contribution in [-0.2, 0) is 5.41 Å². The number of fused-ring (bicyclic) bond motifs is 3. The third-order valence-electron chi connectivity index (χ3n) is 11.8. The molecule has 0 aromatic heterocycles. The molecule has 1 unspecified atom stereocenters. The van der Waals surface area contributed by atoms with Gasteiger partial charge in [-0.15, -0.1) is 0 Å². The maximum atomic E-state index is 11.6. The van der Waals surface area contributed by atoms with Crippen molar-refractivity contribution in [3.63, 3.8) is 0 Å². The minimum atomic E-state index is -0.701. The summed E-state index contributed by atoms with van der Waals surface area (Å²) in [4.78, 5) is 2.33. The van der Waals surface area contributed by atoms with Gasteiger partial charge < -0.3 is 10.0 Å². The lowest BCUT2D eigenvalue weighted by molar-refractivity contribution is 0.461. The highest BCUT2D eigenvalue weighted by Gasteiger charge is 2.48. The third kappa shape index (κ3) is 5.81. The fourth-order valence-electron chi connectivity index (χ4n) is 9.18. The number of nitrogens with zero attached hydrogens (tertiary/aromatic N) is 1. The van der Waals surface area contributed by atoms with Gasteiger partial charge in [0.2, 0.25) is 0 Å².